The summed E-state index contributed by atoms with van der Waals surface area (Å²) >= 11 is 0. The Labute approximate surface area is 177 Å². The minimum Gasteiger partial charge on any atom is -0.444 e. The summed E-state index contributed by atoms with van der Waals surface area (Å²) < 4.78 is 16.7. The van der Waals surface area contributed by atoms with Crippen molar-refractivity contribution in [3.05, 3.63) is 65.8 Å². The van der Waals surface area contributed by atoms with Crippen molar-refractivity contribution in [1.82, 2.24) is 4.90 Å². The van der Waals surface area contributed by atoms with Gasteiger partial charge in [-0.3, -0.25) is 4.90 Å². The van der Waals surface area contributed by atoms with Crippen LogP contribution in [-0.4, -0.2) is 40.6 Å². The lowest BCUT2D eigenvalue weighted by molar-refractivity contribution is -0.0555. The van der Waals surface area contributed by atoms with Gasteiger partial charge in [0.2, 0.25) is 6.23 Å². The maximum atomic E-state index is 13.2. The summed E-state index contributed by atoms with van der Waals surface area (Å²) in [5.74, 6) is 0. The molecule has 3 rings (SSSR count). The topological polar surface area (TPSA) is 65.1 Å². The minimum absolute atomic E-state index is 0.410. The Morgan fingerprint density at radius 1 is 0.900 bits per heavy atom. The van der Waals surface area contributed by atoms with Gasteiger partial charge >= 0.3 is 12.2 Å². The lowest BCUT2D eigenvalue weighted by Gasteiger charge is -2.33. The highest BCUT2D eigenvalue weighted by Gasteiger charge is 2.46. The van der Waals surface area contributed by atoms with E-state index in [-0.39, 0.29) is 0 Å². The van der Waals surface area contributed by atoms with Gasteiger partial charge in [-0.05, 0) is 52.7 Å². The maximum absolute atomic E-state index is 13.2. The van der Waals surface area contributed by atoms with Gasteiger partial charge < -0.3 is 14.2 Å². The number of ether oxygens (including phenoxy) is 3. The average Bonchev–Trinajstić information content (AvgIpc) is 2.93. The zero-order chi connectivity index (χ0) is 22.1. The predicted octanol–water partition coefficient (Wildman–Crippen LogP) is 5.46. The maximum Gasteiger partial charge on any atom is 0.511 e. The monoisotopic (exact) mass is 411 g/mol. The molecular weight excluding hydrogens is 382 g/mol. The molecule has 0 aromatic heterocycles. The lowest BCUT2D eigenvalue weighted by atomic mass is 9.96. The molecule has 1 aliphatic carbocycles. The number of benzene rings is 1. The molecule has 0 unspecified atom stereocenters. The van der Waals surface area contributed by atoms with E-state index in [4.69, 9.17) is 14.2 Å². The normalized spacial score (nSPS) is 20.8. The van der Waals surface area contributed by atoms with Crippen LogP contribution in [0.3, 0.4) is 0 Å². The van der Waals surface area contributed by atoms with Gasteiger partial charge in [0.05, 0.1) is 6.04 Å². The van der Waals surface area contributed by atoms with Crippen LogP contribution in [0.4, 0.5) is 9.59 Å². The van der Waals surface area contributed by atoms with E-state index in [0.29, 0.717) is 0 Å². The van der Waals surface area contributed by atoms with Crippen LogP contribution in [0.5, 0.6) is 0 Å². The van der Waals surface area contributed by atoms with Gasteiger partial charge in [-0.2, -0.15) is 0 Å². The van der Waals surface area contributed by atoms with E-state index >= 15 is 0 Å². The van der Waals surface area contributed by atoms with Crippen LogP contribution < -0.4 is 0 Å². The van der Waals surface area contributed by atoms with Gasteiger partial charge in [0.25, 0.3) is 0 Å². The molecule has 1 aromatic carbocycles. The second kappa shape index (κ2) is 8.01. The van der Waals surface area contributed by atoms with Crippen molar-refractivity contribution in [2.24, 2.45) is 0 Å². The largest absolute Gasteiger partial charge is 0.511 e. The van der Waals surface area contributed by atoms with Gasteiger partial charge in [0.1, 0.15) is 11.2 Å². The summed E-state index contributed by atoms with van der Waals surface area (Å²) in [6.07, 6.45) is 5.20. The number of nitrogens with zero attached hydrogens (tertiary/aromatic N) is 1. The quantitative estimate of drug-likeness (QED) is 0.604. The molecule has 0 radical (unpaired) electrons. The molecule has 1 aromatic rings. The van der Waals surface area contributed by atoms with E-state index in [1.54, 1.807) is 41.5 Å². The average molecular weight is 411 g/mol. The van der Waals surface area contributed by atoms with Gasteiger partial charge in [-0.15, -0.1) is 0 Å². The van der Waals surface area contributed by atoms with Crippen LogP contribution in [0.25, 0.3) is 5.57 Å². The van der Waals surface area contributed by atoms with E-state index in [1.165, 1.54) is 4.90 Å². The van der Waals surface area contributed by atoms with E-state index in [2.05, 4.69) is 0 Å². The molecule has 6 heteroatoms. The summed E-state index contributed by atoms with van der Waals surface area (Å²) in [5.41, 5.74) is 1.05. The van der Waals surface area contributed by atoms with Crippen LogP contribution in [0.1, 0.15) is 47.1 Å². The standard InChI is InChI=1S/C24H29NO5/c1-23(2,3)29-21(26)25-18-15-11-10-14-17(18)19(16-12-8-7-9-13-16)20(25)28-22(27)30-24(4,5)6/h7-15,18,20H,1-6H3/t18-,20-/m0/s1. The van der Waals surface area contributed by atoms with Crippen molar-refractivity contribution in [2.45, 2.75) is 65.0 Å². The fraction of sp³-hybridized carbons (Fsp3) is 0.417. The van der Waals surface area contributed by atoms with E-state index in [1.807, 2.05) is 54.6 Å². The van der Waals surface area contributed by atoms with Gasteiger partial charge in [0, 0.05) is 5.57 Å². The molecule has 1 heterocycles. The van der Waals surface area contributed by atoms with Crippen molar-refractivity contribution < 1.29 is 23.8 Å². The Kier molecular flexibility index (Phi) is 5.79. The smallest absolute Gasteiger partial charge is 0.444 e. The molecule has 160 valence electrons. The van der Waals surface area contributed by atoms with Crippen LogP contribution in [-0.2, 0) is 14.2 Å². The fourth-order valence-corrected chi connectivity index (χ4v) is 3.38. The van der Waals surface area contributed by atoms with Crippen molar-refractivity contribution in [3.63, 3.8) is 0 Å². The van der Waals surface area contributed by atoms with Gasteiger partial charge in [-0.1, -0.05) is 54.6 Å². The van der Waals surface area contributed by atoms with E-state index < -0.39 is 35.7 Å². The van der Waals surface area contributed by atoms with Crippen LogP contribution >= 0.6 is 0 Å². The molecule has 0 N–H and O–H groups in total. The Morgan fingerprint density at radius 3 is 2.13 bits per heavy atom. The molecule has 0 spiro atoms. The summed E-state index contributed by atoms with van der Waals surface area (Å²) in [6, 6.07) is 9.16. The predicted molar refractivity (Wildman–Crippen MR) is 115 cm³/mol. The minimum atomic E-state index is -0.982. The Bertz CT molecular complexity index is 900. The number of hydrogen-bond donors (Lipinski definition) is 0. The highest BCUT2D eigenvalue weighted by Crippen LogP contribution is 2.41. The summed E-state index contributed by atoms with van der Waals surface area (Å²) in [6.45, 7) is 10.7. The fourth-order valence-electron chi connectivity index (χ4n) is 3.38. The second-order valence-corrected chi connectivity index (χ2v) is 9.25. The molecule has 1 aliphatic heterocycles. The van der Waals surface area contributed by atoms with Crippen LogP contribution in [0.15, 0.2) is 60.2 Å². The first-order valence-electron chi connectivity index (χ1n) is 10.0. The van der Waals surface area contributed by atoms with E-state index in [0.717, 1.165) is 16.7 Å². The number of carbonyl (C=O) groups is 2. The third-order valence-electron chi connectivity index (χ3n) is 4.40. The highest BCUT2D eigenvalue weighted by molar-refractivity contribution is 5.86. The first kappa shape index (κ1) is 21.7. The van der Waals surface area contributed by atoms with Gasteiger partial charge in [-0.25, -0.2) is 9.59 Å². The third-order valence-corrected chi connectivity index (χ3v) is 4.40. The van der Waals surface area contributed by atoms with Crippen molar-refractivity contribution in [2.75, 3.05) is 0 Å². The lowest BCUT2D eigenvalue weighted by Crippen LogP contribution is -2.47. The van der Waals surface area contributed by atoms with Crippen LogP contribution in [0.2, 0.25) is 0 Å². The van der Waals surface area contributed by atoms with Crippen molar-refractivity contribution in [1.29, 1.82) is 0 Å². The number of fused-ring (bicyclic) bond motifs is 1. The highest BCUT2D eigenvalue weighted by atomic mass is 16.7. The molecule has 2 aliphatic rings. The number of allylic oxidation sites excluding steroid dienone is 2. The molecule has 0 saturated heterocycles. The SMILES string of the molecule is CC(C)(C)OC(=O)O[C@H]1C(c2ccccc2)=C2C=CC=C[C@@H]2N1C(=O)OC(C)(C)C. The zero-order valence-electron chi connectivity index (χ0n) is 18.3. The molecule has 30 heavy (non-hydrogen) atoms. The molecule has 2 atom stereocenters. The number of carbonyl (C=O) groups excluding carboxylic acids is 2. The van der Waals surface area contributed by atoms with Crippen molar-refractivity contribution >= 4 is 17.8 Å². The molecule has 6 nitrogen and oxygen atoms in total. The number of rotatable bonds is 2. The molecular formula is C24H29NO5. The molecule has 0 fully saturated rings. The first-order valence-corrected chi connectivity index (χ1v) is 10.0. The Balaban J connectivity index is 2.05. The summed E-state index contributed by atoms with van der Waals surface area (Å²) in [7, 11) is 0. The third kappa shape index (κ3) is 4.93. The molecule has 0 saturated carbocycles. The van der Waals surface area contributed by atoms with Crippen LogP contribution in [0, 0.1) is 0 Å². The zero-order valence-corrected chi connectivity index (χ0v) is 18.3. The van der Waals surface area contributed by atoms with Crippen molar-refractivity contribution in [3.8, 4) is 0 Å². The Hall–Kier alpha value is -3.02. The summed E-state index contributed by atoms with van der Waals surface area (Å²) in [4.78, 5) is 27.2. The number of hydrogen-bond acceptors (Lipinski definition) is 5. The Morgan fingerprint density at radius 2 is 1.53 bits per heavy atom. The van der Waals surface area contributed by atoms with Gasteiger partial charge in [0.15, 0.2) is 0 Å². The molecule has 1 amide bonds. The first-order chi connectivity index (χ1) is 14.0. The molecule has 0 bridgehead atoms. The summed E-state index contributed by atoms with van der Waals surface area (Å²) in [5, 5.41) is 0. The second-order valence-electron chi connectivity index (χ2n) is 9.25. The number of amides is 1. The van der Waals surface area contributed by atoms with E-state index in [9.17, 15) is 9.59 Å².